The lowest BCUT2D eigenvalue weighted by Crippen LogP contribution is -2.48. The summed E-state index contributed by atoms with van der Waals surface area (Å²) in [6, 6.07) is 17.7. The van der Waals surface area contributed by atoms with Gasteiger partial charge in [0.25, 0.3) is 11.8 Å². The Balaban J connectivity index is 1.76. The summed E-state index contributed by atoms with van der Waals surface area (Å²) in [4.78, 5) is 25.5. The molecule has 0 aliphatic carbocycles. The molecule has 0 aromatic heterocycles. The molecule has 7 heteroatoms. The number of amides is 2. The van der Waals surface area contributed by atoms with E-state index in [0.29, 0.717) is 22.9 Å². The van der Waals surface area contributed by atoms with Crippen molar-refractivity contribution >= 4 is 40.4 Å². The van der Waals surface area contributed by atoms with Crippen LogP contribution in [0.1, 0.15) is 49.5 Å². The Morgan fingerprint density at radius 3 is 2.62 bits per heavy atom. The SMILES string of the molecule is CCCCOc1ccc2ccccc2c1C=NNC(=O)C(NC(=O)c1cccc(Cl)c1)C(C)C. The summed E-state index contributed by atoms with van der Waals surface area (Å²) in [6.45, 7) is 6.43. The van der Waals surface area contributed by atoms with Crippen molar-refractivity contribution in [3.05, 3.63) is 76.8 Å². The predicted molar refractivity (Wildman–Crippen MR) is 138 cm³/mol. The summed E-state index contributed by atoms with van der Waals surface area (Å²) in [5.41, 5.74) is 3.75. The van der Waals surface area contributed by atoms with Crippen LogP contribution in [0.15, 0.2) is 65.8 Å². The minimum absolute atomic E-state index is 0.149. The number of fused-ring (bicyclic) bond motifs is 1. The molecule has 0 fully saturated rings. The highest BCUT2D eigenvalue weighted by Crippen LogP contribution is 2.27. The maximum Gasteiger partial charge on any atom is 0.262 e. The van der Waals surface area contributed by atoms with E-state index in [1.807, 2.05) is 50.2 Å². The molecule has 0 aliphatic heterocycles. The average molecular weight is 480 g/mol. The van der Waals surface area contributed by atoms with Crippen LogP contribution >= 0.6 is 11.6 Å². The van der Waals surface area contributed by atoms with Crippen molar-refractivity contribution < 1.29 is 14.3 Å². The van der Waals surface area contributed by atoms with E-state index in [0.717, 1.165) is 29.2 Å². The van der Waals surface area contributed by atoms with Gasteiger partial charge in [0.2, 0.25) is 0 Å². The average Bonchev–Trinajstić information content (AvgIpc) is 2.83. The van der Waals surface area contributed by atoms with Crippen LogP contribution < -0.4 is 15.5 Å². The van der Waals surface area contributed by atoms with E-state index in [1.54, 1.807) is 30.5 Å². The number of hydrazone groups is 1. The van der Waals surface area contributed by atoms with Crippen molar-refractivity contribution in [1.29, 1.82) is 0 Å². The van der Waals surface area contributed by atoms with E-state index >= 15 is 0 Å². The van der Waals surface area contributed by atoms with Gasteiger partial charge in [-0.2, -0.15) is 5.10 Å². The first-order valence-electron chi connectivity index (χ1n) is 11.4. The van der Waals surface area contributed by atoms with Crippen LogP contribution in [0.25, 0.3) is 10.8 Å². The topological polar surface area (TPSA) is 79.8 Å². The molecule has 1 atom stereocenters. The highest BCUT2D eigenvalue weighted by atomic mass is 35.5. The van der Waals surface area contributed by atoms with Crippen molar-refractivity contribution in [2.45, 2.75) is 39.7 Å². The van der Waals surface area contributed by atoms with Gasteiger partial charge in [-0.05, 0) is 47.4 Å². The number of carbonyl (C=O) groups is 2. The monoisotopic (exact) mass is 479 g/mol. The maximum absolute atomic E-state index is 12.9. The molecule has 0 aliphatic rings. The smallest absolute Gasteiger partial charge is 0.262 e. The quantitative estimate of drug-likeness (QED) is 0.226. The second kappa shape index (κ2) is 12.2. The zero-order chi connectivity index (χ0) is 24.5. The number of carbonyl (C=O) groups excluding carboxylic acids is 2. The van der Waals surface area contributed by atoms with Crippen LogP contribution in [-0.2, 0) is 4.79 Å². The summed E-state index contributed by atoms with van der Waals surface area (Å²) in [5.74, 6) is -0.222. The molecule has 178 valence electrons. The Morgan fingerprint density at radius 2 is 1.88 bits per heavy atom. The minimum atomic E-state index is -0.767. The maximum atomic E-state index is 12.9. The molecular formula is C27H30ClN3O3. The van der Waals surface area contributed by atoms with E-state index in [4.69, 9.17) is 16.3 Å². The summed E-state index contributed by atoms with van der Waals surface area (Å²) in [6.07, 6.45) is 3.57. The molecule has 0 spiro atoms. The van der Waals surface area contributed by atoms with E-state index < -0.39 is 11.9 Å². The van der Waals surface area contributed by atoms with Crippen LogP contribution in [0, 0.1) is 5.92 Å². The molecule has 3 aromatic carbocycles. The van der Waals surface area contributed by atoms with Gasteiger partial charge in [0.1, 0.15) is 11.8 Å². The standard InChI is InChI=1S/C27H30ClN3O3/c1-4-5-15-34-24-14-13-19-9-6-7-12-22(19)23(24)17-29-31-27(33)25(18(2)3)30-26(32)20-10-8-11-21(28)16-20/h6-14,16-18,25H,4-5,15H2,1-3H3,(H,30,32)(H,31,33). The van der Waals surface area contributed by atoms with Gasteiger partial charge in [0.05, 0.1) is 12.8 Å². The number of ether oxygens (including phenoxy) is 1. The zero-order valence-corrected chi connectivity index (χ0v) is 20.4. The third kappa shape index (κ3) is 6.58. The van der Waals surface area contributed by atoms with Gasteiger partial charge in [-0.15, -0.1) is 0 Å². The van der Waals surface area contributed by atoms with E-state index in [-0.39, 0.29) is 11.8 Å². The van der Waals surface area contributed by atoms with Gasteiger partial charge in [-0.25, -0.2) is 5.43 Å². The van der Waals surface area contributed by atoms with Crippen molar-refractivity contribution in [1.82, 2.24) is 10.7 Å². The van der Waals surface area contributed by atoms with E-state index in [1.165, 1.54) is 0 Å². The molecule has 34 heavy (non-hydrogen) atoms. The Morgan fingerprint density at radius 1 is 1.09 bits per heavy atom. The molecular weight excluding hydrogens is 450 g/mol. The fourth-order valence-corrected chi connectivity index (χ4v) is 3.67. The number of unbranched alkanes of at least 4 members (excludes halogenated alkanes) is 1. The van der Waals surface area contributed by atoms with Gasteiger partial charge >= 0.3 is 0 Å². The summed E-state index contributed by atoms with van der Waals surface area (Å²) >= 11 is 5.98. The largest absolute Gasteiger partial charge is 0.493 e. The molecule has 2 amide bonds. The molecule has 6 nitrogen and oxygen atoms in total. The Kier molecular flexibility index (Phi) is 9.05. The van der Waals surface area contributed by atoms with Gasteiger partial charge in [0.15, 0.2) is 0 Å². The molecule has 3 rings (SSSR count). The second-order valence-electron chi connectivity index (χ2n) is 8.34. The lowest BCUT2D eigenvalue weighted by Gasteiger charge is -2.20. The fraction of sp³-hybridized carbons (Fsp3) is 0.296. The van der Waals surface area contributed by atoms with Crippen LogP contribution in [-0.4, -0.2) is 30.7 Å². The summed E-state index contributed by atoms with van der Waals surface area (Å²) in [5, 5.41) is 9.45. The lowest BCUT2D eigenvalue weighted by molar-refractivity contribution is -0.123. The first-order valence-corrected chi connectivity index (χ1v) is 11.8. The van der Waals surface area contributed by atoms with Crippen molar-refractivity contribution in [3.63, 3.8) is 0 Å². The minimum Gasteiger partial charge on any atom is -0.493 e. The molecule has 0 radical (unpaired) electrons. The van der Waals surface area contributed by atoms with Gasteiger partial charge in [-0.3, -0.25) is 9.59 Å². The van der Waals surface area contributed by atoms with Gasteiger partial charge in [-0.1, -0.05) is 75.2 Å². The number of rotatable bonds is 10. The van der Waals surface area contributed by atoms with Crippen molar-refractivity contribution in [2.24, 2.45) is 11.0 Å². The molecule has 0 heterocycles. The Hall–Kier alpha value is -3.38. The van der Waals surface area contributed by atoms with Gasteiger partial charge in [0, 0.05) is 16.1 Å². The number of halogens is 1. The molecule has 3 aromatic rings. The molecule has 1 unspecified atom stereocenters. The van der Waals surface area contributed by atoms with Crippen molar-refractivity contribution in [2.75, 3.05) is 6.61 Å². The van der Waals surface area contributed by atoms with Crippen molar-refractivity contribution in [3.8, 4) is 5.75 Å². The summed E-state index contributed by atoms with van der Waals surface area (Å²) in [7, 11) is 0. The summed E-state index contributed by atoms with van der Waals surface area (Å²) < 4.78 is 5.97. The Labute approximate surface area is 205 Å². The normalized spacial score (nSPS) is 12.1. The first-order chi connectivity index (χ1) is 16.4. The zero-order valence-electron chi connectivity index (χ0n) is 19.7. The second-order valence-corrected chi connectivity index (χ2v) is 8.78. The number of hydrogen-bond acceptors (Lipinski definition) is 4. The molecule has 0 saturated heterocycles. The lowest BCUT2D eigenvalue weighted by atomic mass is 10.0. The highest BCUT2D eigenvalue weighted by Gasteiger charge is 2.24. The first kappa shape index (κ1) is 25.2. The van der Waals surface area contributed by atoms with Gasteiger partial charge < -0.3 is 10.1 Å². The molecule has 2 N–H and O–H groups in total. The number of nitrogens with zero attached hydrogens (tertiary/aromatic N) is 1. The van der Waals surface area contributed by atoms with Crippen LogP contribution in [0.4, 0.5) is 0 Å². The Bertz CT molecular complexity index is 1180. The number of nitrogens with one attached hydrogen (secondary N) is 2. The number of benzene rings is 3. The van der Waals surface area contributed by atoms with E-state index in [9.17, 15) is 9.59 Å². The van der Waals surface area contributed by atoms with Crippen LogP contribution in [0.5, 0.6) is 5.75 Å². The molecule has 0 saturated carbocycles. The fourth-order valence-electron chi connectivity index (χ4n) is 3.48. The van der Waals surface area contributed by atoms with Crippen LogP contribution in [0.3, 0.4) is 0 Å². The third-order valence-corrected chi connectivity index (χ3v) is 5.61. The highest BCUT2D eigenvalue weighted by molar-refractivity contribution is 6.31. The predicted octanol–water partition coefficient (Wildman–Crippen LogP) is 5.58. The third-order valence-electron chi connectivity index (χ3n) is 5.38. The van der Waals surface area contributed by atoms with E-state index in [2.05, 4.69) is 22.8 Å². The number of hydrogen-bond donors (Lipinski definition) is 2. The van der Waals surface area contributed by atoms with Crippen LogP contribution in [0.2, 0.25) is 5.02 Å². The molecule has 0 bridgehead atoms.